The number of aryl methyl sites for hydroxylation is 2. The predicted octanol–water partition coefficient (Wildman–Crippen LogP) is 5.72. The molecule has 1 aliphatic rings. The Kier molecular flexibility index (Phi) is 7.34. The fourth-order valence-corrected chi connectivity index (χ4v) is 4.00. The summed E-state index contributed by atoms with van der Waals surface area (Å²) >= 11 is 0. The van der Waals surface area contributed by atoms with E-state index >= 15 is 0 Å². The first-order chi connectivity index (χ1) is 15.5. The lowest BCUT2D eigenvalue weighted by atomic mass is 10.0. The van der Waals surface area contributed by atoms with Crippen LogP contribution in [-0.4, -0.2) is 28.5 Å². The van der Waals surface area contributed by atoms with Gasteiger partial charge in [0.2, 0.25) is 0 Å². The average molecular weight is 443 g/mol. The summed E-state index contributed by atoms with van der Waals surface area (Å²) in [4.78, 5) is 7.14. The number of nitrogens with zero attached hydrogens (tertiary/aromatic N) is 2. The summed E-state index contributed by atoms with van der Waals surface area (Å²) in [6.45, 7) is 16.9. The molecule has 4 nitrogen and oxygen atoms in total. The fourth-order valence-electron chi connectivity index (χ4n) is 4.00. The van der Waals surface area contributed by atoms with Crippen molar-refractivity contribution in [3.8, 4) is 11.8 Å². The van der Waals surface area contributed by atoms with Crippen molar-refractivity contribution >= 4 is 11.4 Å². The van der Waals surface area contributed by atoms with Gasteiger partial charge in [-0.05, 0) is 115 Å². The Labute approximate surface area is 200 Å². The number of hydrogen-bond acceptors (Lipinski definition) is 4. The van der Waals surface area contributed by atoms with E-state index in [-0.39, 0.29) is 11.6 Å². The van der Waals surface area contributed by atoms with E-state index in [0.717, 1.165) is 40.3 Å². The van der Waals surface area contributed by atoms with Crippen LogP contribution in [0.4, 0.5) is 5.82 Å². The molecule has 0 amide bonds. The Morgan fingerprint density at radius 3 is 2.48 bits per heavy atom. The molecule has 1 aromatic carbocycles. The molecule has 0 radical (unpaired) electrons. The van der Waals surface area contributed by atoms with Crippen LogP contribution in [0.25, 0.3) is 5.57 Å². The standard InChI is InChI=1S/C29H38N4/c1-19(20(2)30)26-15-17-28(31-21(3)22(4)33(8)29(5,6)7)32-27(26)16-13-23-12-14-24-10-9-11-25(24)18-23/h12,14-15,17-18,22H,3,9-11,30H2,1-2,4-8H3,(H,31,32)/b20-19-. The number of hydrogen-bond donors (Lipinski definition) is 2. The normalized spacial score (nSPS) is 14.8. The number of allylic oxidation sites excluding steroid dienone is 2. The lowest BCUT2D eigenvalue weighted by molar-refractivity contribution is 0.145. The van der Waals surface area contributed by atoms with Crippen LogP contribution < -0.4 is 11.1 Å². The molecular weight excluding hydrogens is 404 g/mol. The number of nitrogens with one attached hydrogen (secondary N) is 1. The molecule has 0 bridgehead atoms. The van der Waals surface area contributed by atoms with Gasteiger partial charge in [0.05, 0.1) is 0 Å². The van der Waals surface area contributed by atoms with Crippen LogP contribution in [0.1, 0.15) is 75.9 Å². The number of aromatic nitrogens is 1. The van der Waals surface area contributed by atoms with Crippen LogP contribution in [-0.2, 0) is 12.8 Å². The molecule has 3 rings (SSSR count). The predicted molar refractivity (Wildman–Crippen MR) is 141 cm³/mol. The third-order valence-electron chi connectivity index (χ3n) is 6.75. The van der Waals surface area contributed by atoms with Crippen molar-refractivity contribution in [3.63, 3.8) is 0 Å². The monoisotopic (exact) mass is 442 g/mol. The number of pyridine rings is 1. The lowest BCUT2D eigenvalue weighted by Gasteiger charge is -2.38. The second-order valence-corrected chi connectivity index (χ2v) is 10.1. The molecule has 1 atom stereocenters. The first-order valence-electron chi connectivity index (χ1n) is 11.7. The summed E-state index contributed by atoms with van der Waals surface area (Å²) in [7, 11) is 2.11. The minimum atomic E-state index is 0.0361. The molecule has 174 valence electrons. The van der Waals surface area contributed by atoms with E-state index in [9.17, 15) is 0 Å². The van der Waals surface area contributed by atoms with Crippen molar-refractivity contribution in [2.75, 3.05) is 12.4 Å². The van der Waals surface area contributed by atoms with E-state index in [4.69, 9.17) is 10.7 Å². The fraction of sp³-hybridized carbons (Fsp3) is 0.414. The van der Waals surface area contributed by atoms with Gasteiger partial charge in [-0.25, -0.2) is 4.98 Å². The van der Waals surface area contributed by atoms with Crippen LogP contribution in [0, 0.1) is 11.8 Å². The average Bonchev–Trinajstić information content (AvgIpc) is 3.23. The summed E-state index contributed by atoms with van der Waals surface area (Å²) < 4.78 is 0. The Bertz CT molecular complexity index is 1130. The van der Waals surface area contributed by atoms with E-state index in [1.165, 1.54) is 24.0 Å². The zero-order valence-corrected chi connectivity index (χ0v) is 21.3. The Balaban J connectivity index is 1.93. The number of anilines is 1. The highest BCUT2D eigenvalue weighted by atomic mass is 15.2. The zero-order chi connectivity index (χ0) is 24.3. The molecule has 0 saturated heterocycles. The van der Waals surface area contributed by atoms with Crippen LogP contribution in [0.3, 0.4) is 0 Å². The first kappa shape index (κ1) is 24.6. The van der Waals surface area contributed by atoms with Crippen LogP contribution in [0.15, 0.2) is 48.3 Å². The van der Waals surface area contributed by atoms with Gasteiger partial charge in [-0.1, -0.05) is 18.6 Å². The molecule has 0 saturated carbocycles. The maximum Gasteiger partial charge on any atom is 0.131 e. The molecule has 0 fully saturated rings. The number of likely N-dealkylation sites (N-methyl/N-ethyl adjacent to an activating group) is 1. The Morgan fingerprint density at radius 2 is 1.82 bits per heavy atom. The molecule has 1 aromatic heterocycles. The summed E-state index contributed by atoms with van der Waals surface area (Å²) in [5.74, 6) is 7.38. The van der Waals surface area contributed by atoms with E-state index < -0.39 is 0 Å². The van der Waals surface area contributed by atoms with Gasteiger partial charge in [-0.3, -0.25) is 4.90 Å². The van der Waals surface area contributed by atoms with Gasteiger partial charge in [0.25, 0.3) is 0 Å². The van der Waals surface area contributed by atoms with Gasteiger partial charge in [0, 0.05) is 34.1 Å². The van der Waals surface area contributed by atoms with Gasteiger partial charge in [0.15, 0.2) is 0 Å². The highest BCUT2D eigenvalue weighted by molar-refractivity contribution is 5.71. The molecule has 4 heteroatoms. The van der Waals surface area contributed by atoms with Crippen molar-refractivity contribution in [2.24, 2.45) is 5.73 Å². The maximum absolute atomic E-state index is 6.11. The minimum absolute atomic E-state index is 0.0361. The number of nitrogens with two attached hydrogens (primary N) is 1. The van der Waals surface area contributed by atoms with Crippen molar-refractivity contribution in [1.29, 1.82) is 0 Å². The van der Waals surface area contributed by atoms with Crippen molar-refractivity contribution in [1.82, 2.24) is 9.88 Å². The lowest BCUT2D eigenvalue weighted by Crippen LogP contribution is -2.45. The SMILES string of the molecule is C=C(Nc1ccc(/C(C)=C(/C)N)c(C#Cc2ccc3c(c2)CCC3)n1)C(C)N(C)C(C)(C)C. The largest absolute Gasteiger partial charge is 0.402 e. The van der Waals surface area contributed by atoms with Crippen LogP contribution in [0.2, 0.25) is 0 Å². The molecule has 1 heterocycles. The van der Waals surface area contributed by atoms with E-state index in [1.54, 1.807) is 0 Å². The highest BCUT2D eigenvalue weighted by Crippen LogP contribution is 2.25. The van der Waals surface area contributed by atoms with E-state index in [1.807, 2.05) is 26.0 Å². The highest BCUT2D eigenvalue weighted by Gasteiger charge is 2.24. The topological polar surface area (TPSA) is 54.2 Å². The quantitative estimate of drug-likeness (QED) is 0.581. The second kappa shape index (κ2) is 9.85. The smallest absolute Gasteiger partial charge is 0.131 e. The first-order valence-corrected chi connectivity index (χ1v) is 11.7. The van der Waals surface area contributed by atoms with Gasteiger partial charge >= 0.3 is 0 Å². The summed E-state index contributed by atoms with van der Waals surface area (Å²) in [5, 5.41) is 3.40. The molecule has 2 aromatic rings. The van der Waals surface area contributed by atoms with Crippen molar-refractivity contribution in [3.05, 3.63) is 76.3 Å². The summed E-state index contributed by atoms with van der Waals surface area (Å²) in [6, 6.07) is 10.7. The molecule has 1 aliphatic carbocycles. The number of rotatable bonds is 5. The molecule has 0 spiro atoms. The minimum Gasteiger partial charge on any atom is -0.402 e. The summed E-state index contributed by atoms with van der Waals surface area (Å²) in [5.41, 5.74) is 14.4. The van der Waals surface area contributed by atoms with Crippen LogP contribution >= 0.6 is 0 Å². The van der Waals surface area contributed by atoms with E-state index in [0.29, 0.717) is 5.69 Å². The molecule has 0 aliphatic heterocycles. The Morgan fingerprint density at radius 1 is 1.12 bits per heavy atom. The third-order valence-corrected chi connectivity index (χ3v) is 6.75. The third kappa shape index (κ3) is 5.86. The summed E-state index contributed by atoms with van der Waals surface area (Å²) in [6.07, 6.45) is 3.55. The molecule has 33 heavy (non-hydrogen) atoms. The van der Waals surface area contributed by atoms with Gasteiger partial charge < -0.3 is 11.1 Å². The van der Waals surface area contributed by atoms with Crippen molar-refractivity contribution < 1.29 is 0 Å². The Hall–Kier alpha value is -3.03. The van der Waals surface area contributed by atoms with Gasteiger partial charge in [0.1, 0.15) is 11.5 Å². The van der Waals surface area contributed by atoms with Crippen molar-refractivity contribution in [2.45, 2.75) is 72.4 Å². The second-order valence-electron chi connectivity index (χ2n) is 10.1. The maximum atomic E-state index is 6.11. The van der Waals surface area contributed by atoms with E-state index in [2.05, 4.69) is 81.6 Å². The zero-order valence-electron chi connectivity index (χ0n) is 21.3. The van der Waals surface area contributed by atoms with Gasteiger partial charge in [-0.15, -0.1) is 0 Å². The molecular formula is C29H38N4. The molecule has 3 N–H and O–H groups in total. The van der Waals surface area contributed by atoms with Gasteiger partial charge in [-0.2, -0.15) is 0 Å². The van der Waals surface area contributed by atoms with Crippen LogP contribution in [0.5, 0.6) is 0 Å². The molecule has 1 unspecified atom stereocenters. The number of benzene rings is 1. The number of fused-ring (bicyclic) bond motifs is 1.